The van der Waals surface area contributed by atoms with Crippen molar-refractivity contribution in [2.24, 2.45) is 0 Å². The number of urea groups is 1. The van der Waals surface area contributed by atoms with Crippen molar-refractivity contribution in [2.75, 3.05) is 30.3 Å². The molecule has 9 heteroatoms. The fourth-order valence-corrected chi connectivity index (χ4v) is 5.99. The lowest BCUT2D eigenvalue weighted by atomic mass is 9.93. The molecule has 1 aliphatic heterocycles. The number of carbonyl (C=O) groups is 1. The first-order chi connectivity index (χ1) is 18.8. The van der Waals surface area contributed by atoms with Gasteiger partial charge in [-0.25, -0.2) is 9.78 Å². The van der Waals surface area contributed by atoms with Gasteiger partial charge >= 0.3 is 6.03 Å². The first kappa shape index (κ1) is 25.6. The van der Waals surface area contributed by atoms with Gasteiger partial charge in [0.15, 0.2) is 10.8 Å². The van der Waals surface area contributed by atoms with Crippen LogP contribution in [0.15, 0.2) is 59.3 Å². The predicted octanol–water partition coefficient (Wildman–Crippen LogP) is 7.17. The Morgan fingerprint density at radius 1 is 1.03 bits per heavy atom. The van der Waals surface area contributed by atoms with Crippen LogP contribution in [0.3, 0.4) is 0 Å². The molecular formula is C30H34N6O2S. The number of anilines is 2. The molecule has 8 nitrogen and oxygen atoms in total. The maximum atomic E-state index is 12.4. The minimum Gasteiger partial charge on any atom is -0.359 e. The molecule has 1 aliphatic rings. The number of benzene rings is 2. The van der Waals surface area contributed by atoms with Crippen LogP contribution in [0, 0.1) is 0 Å². The summed E-state index contributed by atoms with van der Waals surface area (Å²) < 4.78 is 8.78. The van der Waals surface area contributed by atoms with E-state index < -0.39 is 0 Å². The minimum absolute atomic E-state index is 0.178. The lowest BCUT2D eigenvalue weighted by Crippen LogP contribution is -2.31. The van der Waals surface area contributed by atoms with E-state index >= 15 is 0 Å². The summed E-state index contributed by atoms with van der Waals surface area (Å²) in [7, 11) is 0. The first-order valence-electron chi connectivity index (χ1n) is 13.6. The normalized spacial score (nSPS) is 14.7. The van der Waals surface area contributed by atoms with E-state index in [1.54, 1.807) is 17.4 Å². The molecule has 5 aromatic rings. The van der Waals surface area contributed by atoms with Crippen molar-refractivity contribution < 1.29 is 9.32 Å². The van der Waals surface area contributed by atoms with Gasteiger partial charge in [0.2, 0.25) is 0 Å². The zero-order valence-electron chi connectivity index (χ0n) is 22.7. The summed E-state index contributed by atoms with van der Waals surface area (Å²) in [5, 5.41) is 9.50. The van der Waals surface area contributed by atoms with E-state index in [2.05, 4.69) is 49.5 Å². The third kappa shape index (κ3) is 5.69. The quantitative estimate of drug-likeness (QED) is 0.237. The third-order valence-corrected chi connectivity index (χ3v) is 8.29. The van der Waals surface area contributed by atoms with Crippen LogP contribution in [-0.4, -0.2) is 45.1 Å². The van der Waals surface area contributed by atoms with Crippen molar-refractivity contribution in [1.29, 1.82) is 0 Å². The Hall–Kier alpha value is -3.69. The third-order valence-electron chi connectivity index (χ3n) is 7.25. The van der Waals surface area contributed by atoms with Crippen LogP contribution in [-0.2, 0) is 11.8 Å². The molecule has 1 saturated heterocycles. The number of piperidine rings is 1. The van der Waals surface area contributed by atoms with Gasteiger partial charge in [-0.3, -0.25) is 9.72 Å². The fourth-order valence-electron chi connectivity index (χ4n) is 5.00. The Morgan fingerprint density at radius 3 is 2.56 bits per heavy atom. The van der Waals surface area contributed by atoms with Crippen molar-refractivity contribution >= 4 is 44.1 Å². The van der Waals surface area contributed by atoms with E-state index in [9.17, 15) is 4.79 Å². The number of imidazole rings is 1. The Bertz CT molecular complexity index is 1600. The van der Waals surface area contributed by atoms with Gasteiger partial charge in [-0.15, -0.1) is 0 Å². The van der Waals surface area contributed by atoms with Crippen molar-refractivity contribution in [3.05, 3.63) is 66.1 Å². The van der Waals surface area contributed by atoms with E-state index in [-0.39, 0.29) is 11.4 Å². The van der Waals surface area contributed by atoms with Crippen molar-refractivity contribution in [3.63, 3.8) is 0 Å². The van der Waals surface area contributed by atoms with E-state index in [0.29, 0.717) is 17.3 Å². The molecule has 0 saturated carbocycles. The van der Waals surface area contributed by atoms with Gasteiger partial charge in [0, 0.05) is 35.5 Å². The van der Waals surface area contributed by atoms with Gasteiger partial charge in [0.1, 0.15) is 5.76 Å². The SMILES string of the molecule is CC(C)(C)c1cc(NC(=O)Nc2ccc(-c3cn4c(n3)sc3ccc(CCN5CCCCC5)cc34)cc2)no1. The minimum atomic E-state index is -0.374. The number of amides is 2. The Morgan fingerprint density at radius 2 is 1.82 bits per heavy atom. The first-order valence-corrected chi connectivity index (χ1v) is 14.4. The molecule has 0 bridgehead atoms. The summed E-state index contributed by atoms with van der Waals surface area (Å²) in [5.41, 5.74) is 5.00. The number of nitrogens with one attached hydrogen (secondary N) is 2. The van der Waals surface area contributed by atoms with Gasteiger partial charge in [-0.05, 0) is 62.2 Å². The van der Waals surface area contributed by atoms with Crippen LogP contribution in [0.2, 0.25) is 0 Å². The lowest BCUT2D eigenvalue weighted by molar-refractivity contribution is 0.231. The molecule has 6 rings (SSSR count). The zero-order chi connectivity index (χ0) is 27.0. The van der Waals surface area contributed by atoms with Crippen LogP contribution >= 0.6 is 11.3 Å². The molecule has 202 valence electrons. The van der Waals surface area contributed by atoms with Crippen molar-refractivity contribution in [1.82, 2.24) is 19.4 Å². The van der Waals surface area contributed by atoms with Gasteiger partial charge in [0.05, 0.1) is 15.9 Å². The van der Waals surface area contributed by atoms with Crippen molar-refractivity contribution in [3.8, 4) is 11.3 Å². The highest BCUT2D eigenvalue weighted by molar-refractivity contribution is 7.23. The largest absolute Gasteiger partial charge is 0.359 e. The highest BCUT2D eigenvalue weighted by Crippen LogP contribution is 2.31. The monoisotopic (exact) mass is 542 g/mol. The molecule has 0 radical (unpaired) electrons. The van der Waals surface area contributed by atoms with Gasteiger partial charge in [-0.1, -0.05) is 61.9 Å². The maximum absolute atomic E-state index is 12.4. The van der Waals surface area contributed by atoms with Crippen LogP contribution in [0.1, 0.15) is 51.4 Å². The van der Waals surface area contributed by atoms with Gasteiger partial charge in [0.25, 0.3) is 0 Å². The molecule has 0 atom stereocenters. The molecule has 0 aliphatic carbocycles. The molecule has 0 spiro atoms. The predicted molar refractivity (Wildman–Crippen MR) is 158 cm³/mol. The molecule has 2 aromatic carbocycles. The molecule has 0 unspecified atom stereocenters. The number of likely N-dealkylation sites (tertiary alicyclic amines) is 1. The fraction of sp³-hybridized carbons (Fsp3) is 0.367. The number of aromatic nitrogens is 3. The van der Waals surface area contributed by atoms with Crippen molar-refractivity contribution in [2.45, 2.75) is 51.9 Å². The molecule has 1 fully saturated rings. The average molecular weight is 543 g/mol. The molecule has 2 N–H and O–H groups in total. The second-order valence-corrected chi connectivity index (χ2v) is 12.3. The van der Waals surface area contributed by atoms with Crippen LogP contribution < -0.4 is 10.6 Å². The van der Waals surface area contributed by atoms with Gasteiger partial charge in [-0.2, -0.15) is 0 Å². The number of rotatable bonds is 6. The number of hydrogen-bond acceptors (Lipinski definition) is 6. The van der Waals surface area contributed by atoms with Crippen LogP contribution in [0.5, 0.6) is 0 Å². The molecule has 2 amide bonds. The number of hydrogen-bond donors (Lipinski definition) is 2. The second kappa shape index (κ2) is 10.5. The zero-order valence-corrected chi connectivity index (χ0v) is 23.5. The van der Waals surface area contributed by atoms with E-state index in [1.165, 1.54) is 48.1 Å². The molecule has 39 heavy (non-hydrogen) atoms. The van der Waals surface area contributed by atoms with E-state index in [1.807, 2.05) is 45.0 Å². The summed E-state index contributed by atoms with van der Waals surface area (Å²) in [4.78, 5) is 20.9. The number of fused-ring (bicyclic) bond motifs is 3. The molecule has 3 aromatic heterocycles. The Balaban J connectivity index is 1.12. The molecular weight excluding hydrogens is 508 g/mol. The van der Waals surface area contributed by atoms with Gasteiger partial charge < -0.3 is 14.7 Å². The number of thiazole rings is 1. The topological polar surface area (TPSA) is 87.7 Å². The molecule has 4 heterocycles. The summed E-state index contributed by atoms with van der Waals surface area (Å²) >= 11 is 1.71. The van der Waals surface area contributed by atoms with Crippen LogP contribution in [0.25, 0.3) is 26.4 Å². The summed E-state index contributed by atoms with van der Waals surface area (Å²) in [6, 6.07) is 15.9. The Labute approximate surface area is 232 Å². The Kier molecular flexibility index (Phi) is 6.86. The highest BCUT2D eigenvalue weighted by Gasteiger charge is 2.20. The smallest absolute Gasteiger partial charge is 0.324 e. The summed E-state index contributed by atoms with van der Waals surface area (Å²) in [5.74, 6) is 1.09. The maximum Gasteiger partial charge on any atom is 0.324 e. The lowest BCUT2D eigenvalue weighted by Gasteiger charge is -2.26. The van der Waals surface area contributed by atoms with Crippen LogP contribution in [0.4, 0.5) is 16.3 Å². The average Bonchev–Trinajstić information content (AvgIpc) is 3.63. The standard InChI is InChI=1S/C30H34N6O2S/c1-30(2,3)26-18-27(34-38-26)33-28(37)31-22-10-8-21(9-11-22)23-19-36-24-17-20(7-12-25(24)39-29(36)32-23)13-16-35-14-5-4-6-15-35/h7-12,17-19H,4-6,13-16H2,1-3H3,(H2,31,33,34,37). The summed E-state index contributed by atoms with van der Waals surface area (Å²) in [6.45, 7) is 9.67. The van der Waals surface area contributed by atoms with E-state index in [0.717, 1.165) is 29.2 Å². The number of nitrogens with zero attached hydrogens (tertiary/aromatic N) is 4. The summed E-state index contributed by atoms with van der Waals surface area (Å²) in [6.07, 6.45) is 7.20. The number of carbonyl (C=O) groups excluding carboxylic acids is 1. The highest BCUT2D eigenvalue weighted by atomic mass is 32.1. The van der Waals surface area contributed by atoms with E-state index in [4.69, 9.17) is 9.51 Å². The second-order valence-electron chi connectivity index (χ2n) is 11.3.